The average molecular weight is 288 g/mol. The van der Waals surface area contributed by atoms with Crippen LogP contribution in [0, 0.1) is 18.3 Å². The molecule has 0 radical (unpaired) electrons. The Bertz CT molecular complexity index is 587. The van der Waals surface area contributed by atoms with Crippen LogP contribution in [0.15, 0.2) is 41.0 Å². The molecule has 0 amide bonds. The fourth-order valence-electron chi connectivity index (χ4n) is 1.44. The summed E-state index contributed by atoms with van der Waals surface area (Å²) in [6.07, 6.45) is 1.62. The molecule has 3 nitrogen and oxygen atoms in total. The second kappa shape index (κ2) is 4.98. The highest BCUT2D eigenvalue weighted by molar-refractivity contribution is 9.10. The second-order valence-corrected chi connectivity index (χ2v) is 4.54. The third-order valence-electron chi connectivity index (χ3n) is 2.35. The summed E-state index contributed by atoms with van der Waals surface area (Å²) in [4.78, 5) is 4.18. The summed E-state index contributed by atoms with van der Waals surface area (Å²) >= 11 is 3.43. The first kappa shape index (κ1) is 11.6. The molecule has 0 saturated carbocycles. The minimum absolute atomic E-state index is 0.593. The zero-order valence-electron chi connectivity index (χ0n) is 9.24. The van der Waals surface area contributed by atoms with Crippen LogP contribution in [0.2, 0.25) is 0 Å². The summed E-state index contributed by atoms with van der Waals surface area (Å²) < 4.78 is 1.00. The van der Waals surface area contributed by atoms with Crippen molar-refractivity contribution in [2.24, 2.45) is 0 Å². The van der Waals surface area contributed by atoms with Gasteiger partial charge < -0.3 is 5.32 Å². The summed E-state index contributed by atoms with van der Waals surface area (Å²) in [6, 6.07) is 11.5. The van der Waals surface area contributed by atoms with E-state index in [2.05, 4.69) is 32.3 Å². The molecule has 0 unspecified atom stereocenters. The fourth-order valence-corrected chi connectivity index (χ4v) is 1.80. The second-order valence-electron chi connectivity index (χ2n) is 3.63. The molecular weight excluding hydrogens is 278 g/mol. The van der Waals surface area contributed by atoms with Crippen LogP contribution < -0.4 is 5.32 Å². The lowest BCUT2D eigenvalue weighted by Crippen LogP contribution is -1.96. The molecule has 2 aromatic rings. The van der Waals surface area contributed by atoms with Gasteiger partial charge >= 0.3 is 0 Å². The zero-order valence-corrected chi connectivity index (χ0v) is 10.8. The highest BCUT2D eigenvalue weighted by atomic mass is 79.9. The van der Waals surface area contributed by atoms with Gasteiger partial charge in [-0.05, 0) is 36.8 Å². The predicted molar refractivity (Wildman–Crippen MR) is 71.1 cm³/mol. The number of anilines is 2. The van der Waals surface area contributed by atoms with Crippen LogP contribution in [-0.2, 0) is 0 Å². The van der Waals surface area contributed by atoms with Crippen molar-refractivity contribution in [1.29, 1.82) is 5.26 Å². The highest BCUT2D eigenvalue weighted by Gasteiger charge is 2.01. The molecule has 2 rings (SSSR count). The maximum atomic E-state index is 8.81. The van der Waals surface area contributed by atoms with Gasteiger partial charge in [-0.3, -0.25) is 0 Å². The van der Waals surface area contributed by atoms with Crippen molar-refractivity contribution in [2.75, 3.05) is 5.32 Å². The van der Waals surface area contributed by atoms with Gasteiger partial charge in [0.1, 0.15) is 5.82 Å². The molecule has 0 spiro atoms. The first-order valence-electron chi connectivity index (χ1n) is 5.08. The Morgan fingerprint density at radius 1 is 1.29 bits per heavy atom. The van der Waals surface area contributed by atoms with Gasteiger partial charge in [0.15, 0.2) is 0 Å². The number of aromatic nitrogens is 1. The Morgan fingerprint density at radius 3 is 2.88 bits per heavy atom. The Hall–Kier alpha value is -1.86. The van der Waals surface area contributed by atoms with Gasteiger partial charge in [0.25, 0.3) is 0 Å². The van der Waals surface area contributed by atoms with E-state index in [0.717, 1.165) is 15.7 Å². The number of pyridine rings is 1. The third-order valence-corrected chi connectivity index (χ3v) is 2.84. The van der Waals surface area contributed by atoms with Gasteiger partial charge in [0.05, 0.1) is 11.6 Å². The van der Waals surface area contributed by atoms with Gasteiger partial charge in [0.2, 0.25) is 0 Å². The Labute approximate surface area is 108 Å². The number of nitrogens with zero attached hydrogens (tertiary/aromatic N) is 2. The number of benzene rings is 1. The molecule has 0 aliphatic carbocycles. The number of rotatable bonds is 2. The maximum absolute atomic E-state index is 8.81. The van der Waals surface area contributed by atoms with E-state index in [1.807, 2.05) is 25.1 Å². The molecule has 17 heavy (non-hydrogen) atoms. The molecular formula is C13H10BrN3. The molecule has 4 heteroatoms. The van der Waals surface area contributed by atoms with E-state index in [-0.39, 0.29) is 0 Å². The molecule has 1 aromatic carbocycles. The maximum Gasteiger partial charge on any atom is 0.131 e. The largest absolute Gasteiger partial charge is 0.340 e. The number of hydrogen-bond acceptors (Lipinski definition) is 3. The smallest absolute Gasteiger partial charge is 0.131 e. The molecule has 0 bridgehead atoms. The summed E-state index contributed by atoms with van der Waals surface area (Å²) in [5.41, 5.74) is 2.69. The van der Waals surface area contributed by atoms with Gasteiger partial charge in [-0.15, -0.1) is 0 Å². The molecule has 0 fully saturated rings. The minimum atomic E-state index is 0.593. The number of hydrogen-bond donors (Lipinski definition) is 1. The normalized spacial score (nSPS) is 9.71. The Morgan fingerprint density at radius 2 is 2.12 bits per heavy atom. The summed E-state index contributed by atoms with van der Waals surface area (Å²) in [5, 5.41) is 12.0. The molecule has 1 aromatic heterocycles. The predicted octanol–water partition coefficient (Wildman–Crippen LogP) is 3.77. The quantitative estimate of drug-likeness (QED) is 0.915. The number of nitrogens with one attached hydrogen (secondary N) is 1. The summed E-state index contributed by atoms with van der Waals surface area (Å²) in [5.74, 6) is 0.672. The Kier molecular flexibility index (Phi) is 3.40. The van der Waals surface area contributed by atoms with Crippen molar-refractivity contribution >= 4 is 27.4 Å². The molecule has 1 N–H and O–H groups in total. The molecule has 0 aliphatic heterocycles. The van der Waals surface area contributed by atoms with Crippen LogP contribution in [0.4, 0.5) is 11.5 Å². The molecule has 1 heterocycles. The molecule has 84 valence electrons. The van der Waals surface area contributed by atoms with Crippen LogP contribution in [0.1, 0.15) is 11.1 Å². The van der Waals surface area contributed by atoms with Gasteiger partial charge in [-0.1, -0.05) is 22.0 Å². The van der Waals surface area contributed by atoms with Crippen molar-refractivity contribution < 1.29 is 0 Å². The van der Waals surface area contributed by atoms with E-state index in [0.29, 0.717) is 11.4 Å². The monoisotopic (exact) mass is 287 g/mol. The van der Waals surface area contributed by atoms with Gasteiger partial charge in [-0.2, -0.15) is 5.26 Å². The van der Waals surface area contributed by atoms with Gasteiger partial charge in [-0.25, -0.2) is 4.98 Å². The standard InChI is InChI=1S/C13H10BrN3/c1-9-2-3-11(14)7-12(9)17-13-6-10(8-15)4-5-16-13/h2-7H,1H3,(H,16,17). The van der Waals surface area contributed by atoms with E-state index >= 15 is 0 Å². The first-order chi connectivity index (χ1) is 8.19. The van der Waals surface area contributed by atoms with E-state index in [9.17, 15) is 0 Å². The van der Waals surface area contributed by atoms with Gasteiger partial charge in [0, 0.05) is 16.4 Å². The van der Waals surface area contributed by atoms with Crippen LogP contribution in [-0.4, -0.2) is 4.98 Å². The fraction of sp³-hybridized carbons (Fsp3) is 0.0769. The van der Waals surface area contributed by atoms with Crippen LogP contribution in [0.25, 0.3) is 0 Å². The van der Waals surface area contributed by atoms with E-state index in [1.165, 1.54) is 0 Å². The van der Waals surface area contributed by atoms with Crippen molar-refractivity contribution in [2.45, 2.75) is 6.92 Å². The van der Waals surface area contributed by atoms with Crippen LogP contribution in [0.5, 0.6) is 0 Å². The SMILES string of the molecule is Cc1ccc(Br)cc1Nc1cc(C#N)ccn1. The summed E-state index contributed by atoms with van der Waals surface area (Å²) in [7, 11) is 0. The van der Waals surface area contributed by atoms with Crippen molar-refractivity contribution in [3.05, 3.63) is 52.1 Å². The van der Waals surface area contributed by atoms with Crippen molar-refractivity contribution in [3.63, 3.8) is 0 Å². The number of halogens is 1. The highest BCUT2D eigenvalue weighted by Crippen LogP contribution is 2.23. The minimum Gasteiger partial charge on any atom is -0.340 e. The van der Waals surface area contributed by atoms with E-state index < -0.39 is 0 Å². The number of aryl methyl sites for hydroxylation is 1. The lowest BCUT2D eigenvalue weighted by atomic mass is 10.2. The lowest BCUT2D eigenvalue weighted by Gasteiger charge is -2.09. The lowest BCUT2D eigenvalue weighted by molar-refractivity contribution is 1.28. The van der Waals surface area contributed by atoms with E-state index in [4.69, 9.17) is 5.26 Å². The molecule has 0 saturated heterocycles. The first-order valence-corrected chi connectivity index (χ1v) is 5.87. The summed E-state index contributed by atoms with van der Waals surface area (Å²) in [6.45, 7) is 2.02. The van der Waals surface area contributed by atoms with Crippen LogP contribution in [0.3, 0.4) is 0 Å². The van der Waals surface area contributed by atoms with Crippen LogP contribution >= 0.6 is 15.9 Å². The Balaban J connectivity index is 2.31. The molecule has 0 atom stereocenters. The molecule has 0 aliphatic rings. The van der Waals surface area contributed by atoms with E-state index in [1.54, 1.807) is 18.3 Å². The van der Waals surface area contributed by atoms with Crippen molar-refractivity contribution in [3.8, 4) is 6.07 Å². The average Bonchev–Trinajstić information content (AvgIpc) is 2.34. The van der Waals surface area contributed by atoms with Crippen molar-refractivity contribution in [1.82, 2.24) is 4.98 Å². The number of nitriles is 1. The topological polar surface area (TPSA) is 48.7 Å². The zero-order chi connectivity index (χ0) is 12.3. The third kappa shape index (κ3) is 2.83.